The third-order valence-corrected chi connectivity index (χ3v) is 2.95. The van der Waals surface area contributed by atoms with Crippen LogP contribution in [0, 0.1) is 0 Å². The van der Waals surface area contributed by atoms with E-state index in [2.05, 4.69) is 34.7 Å². The van der Waals surface area contributed by atoms with Gasteiger partial charge in [-0.15, -0.1) is 5.10 Å². The second-order valence-electron chi connectivity index (χ2n) is 4.32. The molecule has 0 saturated carbocycles. The number of rotatable bonds is 6. The Morgan fingerprint density at radius 2 is 2.05 bits per heavy atom. The van der Waals surface area contributed by atoms with E-state index < -0.39 is 0 Å². The Balaban J connectivity index is 2.12. The minimum absolute atomic E-state index is 0.137. The van der Waals surface area contributed by atoms with Crippen molar-refractivity contribution in [3.05, 3.63) is 35.7 Å². The molecule has 0 saturated heterocycles. The molecule has 1 N–H and O–H groups in total. The zero-order valence-corrected chi connectivity index (χ0v) is 11.5. The number of tetrazole rings is 1. The van der Waals surface area contributed by atoms with Gasteiger partial charge in [-0.05, 0) is 41.6 Å². The second-order valence-corrected chi connectivity index (χ2v) is 4.32. The summed E-state index contributed by atoms with van der Waals surface area (Å²) in [6.45, 7) is 5.66. The third kappa shape index (κ3) is 3.29. The molecule has 1 unspecified atom stereocenters. The molecule has 2 aromatic rings. The Kier molecular flexibility index (Phi) is 4.46. The fourth-order valence-corrected chi connectivity index (χ4v) is 1.94. The van der Waals surface area contributed by atoms with E-state index in [-0.39, 0.29) is 6.04 Å². The van der Waals surface area contributed by atoms with Gasteiger partial charge in [0.05, 0.1) is 19.7 Å². The van der Waals surface area contributed by atoms with Crippen LogP contribution >= 0.6 is 0 Å². The Morgan fingerprint density at radius 1 is 1.32 bits per heavy atom. The molecule has 0 fully saturated rings. The molecule has 0 aliphatic heterocycles. The van der Waals surface area contributed by atoms with Crippen molar-refractivity contribution in [2.45, 2.75) is 26.4 Å². The molecule has 0 spiro atoms. The van der Waals surface area contributed by atoms with Crippen LogP contribution in [-0.4, -0.2) is 33.9 Å². The first-order chi connectivity index (χ1) is 9.24. The maximum Gasteiger partial charge on any atom is 0.168 e. The van der Waals surface area contributed by atoms with Crippen molar-refractivity contribution < 1.29 is 4.74 Å². The standard InChI is InChI=1S/C13H19N5O/c1-4-14-10(2)13-15-16-17-18(13)9-11-5-7-12(19-3)8-6-11/h5-8,10,14H,4,9H2,1-3H3. The Bertz CT molecular complexity index is 508. The molecule has 1 heterocycles. The summed E-state index contributed by atoms with van der Waals surface area (Å²) < 4.78 is 6.96. The minimum Gasteiger partial charge on any atom is -0.497 e. The number of ether oxygens (including phenoxy) is 1. The van der Waals surface area contributed by atoms with Crippen LogP contribution in [0.2, 0.25) is 0 Å². The first-order valence-corrected chi connectivity index (χ1v) is 6.37. The first kappa shape index (κ1) is 13.5. The van der Waals surface area contributed by atoms with Gasteiger partial charge in [0.15, 0.2) is 5.82 Å². The normalized spacial score (nSPS) is 12.4. The molecule has 1 aromatic heterocycles. The fraction of sp³-hybridized carbons (Fsp3) is 0.462. The van der Waals surface area contributed by atoms with E-state index in [1.165, 1.54) is 0 Å². The van der Waals surface area contributed by atoms with Crippen LogP contribution in [0.1, 0.15) is 31.3 Å². The number of hydrogen-bond acceptors (Lipinski definition) is 5. The van der Waals surface area contributed by atoms with Gasteiger partial charge in [-0.25, -0.2) is 4.68 Å². The van der Waals surface area contributed by atoms with Gasteiger partial charge in [-0.2, -0.15) is 0 Å². The van der Waals surface area contributed by atoms with Gasteiger partial charge in [-0.1, -0.05) is 19.1 Å². The fourth-order valence-electron chi connectivity index (χ4n) is 1.94. The molecule has 0 bridgehead atoms. The van der Waals surface area contributed by atoms with Gasteiger partial charge in [0.1, 0.15) is 5.75 Å². The Hall–Kier alpha value is -1.95. The smallest absolute Gasteiger partial charge is 0.168 e. The van der Waals surface area contributed by atoms with E-state index in [9.17, 15) is 0 Å². The van der Waals surface area contributed by atoms with Gasteiger partial charge in [0, 0.05) is 0 Å². The van der Waals surface area contributed by atoms with Crippen molar-refractivity contribution in [2.24, 2.45) is 0 Å². The number of nitrogens with one attached hydrogen (secondary N) is 1. The van der Waals surface area contributed by atoms with Crippen molar-refractivity contribution in [3.8, 4) is 5.75 Å². The molecule has 6 heteroatoms. The molecule has 0 aliphatic rings. The van der Waals surface area contributed by atoms with Crippen LogP contribution in [0.3, 0.4) is 0 Å². The third-order valence-electron chi connectivity index (χ3n) is 2.95. The van der Waals surface area contributed by atoms with E-state index >= 15 is 0 Å². The van der Waals surface area contributed by atoms with Crippen molar-refractivity contribution in [1.82, 2.24) is 25.5 Å². The number of methoxy groups -OCH3 is 1. The van der Waals surface area contributed by atoms with Crippen molar-refractivity contribution in [1.29, 1.82) is 0 Å². The first-order valence-electron chi connectivity index (χ1n) is 6.37. The average Bonchev–Trinajstić information content (AvgIpc) is 2.88. The zero-order chi connectivity index (χ0) is 13.7. The van der Waals surface area contributed by atoms with Crippen molar-refractivity contribution in [2.75, 3.05) is 13.7 Å². The second kappa shape index (κ2) is 6.29. The molecule has 19 heavy (non-hydrogen) atoms. The molecule has 6 nitrogen and oxygen atoms in total. The summed E-state index contributed by atoms with van der Waals surface area (Å²) in [6, 6.07) is 8.04. The highest BCUT2D eigenvalue weighted by molar-refractivity contribution is 5.27. The lowest BCUT2D eigenvalue weighted by atomic mass is 10.2. The number of nitrogens with zero attached hydrogens (tertiary/aromatic N) is 4. The van der Waals surface area contributed by atoms with E-state index in [4.69, 9.17) is 4.74 Å². The maximum atomic E-state index is 5.14. The predicted molar refractivity (Wildman–Crippen MR) is 72.0 cm³/mol. The molecular formula is C13H19N5O. The maximum absolute atomic E-state index is 5.14. The summed E-state index contributed by atoms with van der Waals surface area (Å²) in [5, 5.41) is 15.2. The van der Waals surface area contributed by atoms with Crippen LogP contribution < -0.4 is 10.1 Å². The van der Waals surface area contributed by atoms with E-state index in [1.54, 1.807) is 7.11 Å². The summed E-state index contributed by atoms with van der Waals surface area (Å²) in [6.07, 6.45) is 0. The Morgan fingerprint density at radius 3 is 2.68 bits per heavy atom. The summed E-state index contributed by atoms with van der Waals surface area (Å²) in [5.74, 6) is 1.69. The quantitative estimate of drug-likeness (QED) is 0.851. The largest absolute Gasteiger partial charge is 0.497 e. The van der Waals surface area contributed by atoms with E-state index in [0.717, 1.165) is 23.7 Å². The molecule has 0 aliphatic carbocycles. The number of benzene rings is 1. The SMILES string of the molecule is CCNC(C)c1nnnn1Cc1ccc(OC)cc1. The topological polar surface area (TPSA) is 64.9 Å². The lowest BCUT2D eigenvalue weighted by molar-refractivity contribution is 0.414. The molecule has 0 amide bonds. The zero-order valence-electron chi connectivity index (χ0n) is 11.5. The van der Waals surface area contributed by atoms with Crippen LogP contribution in [0.4, 0.5) is 0 Å². The lowest BCUT2D eigenvalue weighted by Gasteiger charge is -2.12. The molecular weight excluding hydrogens is 242 g/mol. The molecule has 2 rings (SSSR count). The minimum atomic E-state index is 0.137. The number of hydrogen-bond donors (Lipinski definition) is 1. The van der Waals surface area contributed by atoms with Crippen molar-refractivity contribution in [3.63, 3.8) is 0 Å². The summed E-state index contributed by atoms with van der Waals surface area (Å²) in [4.78, 5) is 0. The molecule has 1 aromatic carbocycles. The monoisotopic (exact) mass is 261 g/mol. The summed E-state index contributed by atoms with van der Waals surface area (Å²) in [7, 11) is 1.66. The highest BCUT2D eigenvalue weighted by Gasteiger charge is 2.13. The molecule has 1 atom stereocenters. The Labute approximate surface area is 112 Å². The van der Waals surface area contributed by atoms with Gasteiger partial charge in [0.2, 0.25) is 0 Å². The highest BCUT2D eigenvalue weighted by Crippen LogP contribution is 2.14. The number of aromatic nitrogens is 4. The van der Waals surface area contributed by atoms with Gasteiger partial charge < -0.3 is 10.1 Å². The van der Waals surface area contributed by atoms with Gasteiger partial charge in [-0.3, -0.25) is 0 Å². The van der Waals surface area contributed by atoms with Crippen LogP contribution in [-0.2, 0) is 6.54 Å². The van der Waals surface area contributed by atoms with Crippen molar-refractivity contribution >= 4 is 0 Å². The molecule has 0 radical (unpaired) electrons. The van der Waals surface area contributed by atoms with E-state index in [1.807, 2.05) is 28.9 Å². The lowest BCUT2D eigenvalue weighted by Crippen LogP contribution is -2.22. The highest BCUT2D eigenvalue weighted by atomic mass is 16.5. The summed E-state index contributed by atoms with van der Waals surface area (Å²) >= 11 is 0. The van der Waals surface area contributed by atoms with Crippen LogP contribution in [0.25, 0.3) is 0 Å². The predicted octanol–water partition coefficient (Wildman–Crippen LogP) is 1.40. The van der Waals surface area contributed by atoms with Gasteiger partial charge >= 0.3 is 0 Å². The molecule has 102 valence electrons. The van der Waals surface area contributed by atoms with E-state index in [0.29, 0.717) is 6.54 Å². The summed E-state index contributed by atoms with van der Waals surface area (Å²) in [5.41, 5.74) is 1.14. The van der Waals surface area contributed by atoms with Crippen LogP contribution in [0.5, 0.6) is 5.75 Å². The van der Waals surface area contributed by atoms with Gasteiger partial charge in [0.25, 0.3) is 0 Å². The average molecular weight is 261 g/mol. The van der Waals surface area contributed by atoms with Crippen LogP contribution in [0.15, 0.2) is 24.3 Å².